The summed E-state index contributed by atoms with van der Waals surface area (Å²) in [6, 6.07) is 4.23. The third kappa shape index (κ3) is 4.24. The highest BCUT2D eigenvalue weighted by molar-refractivity contribution is 7.89. The van der Waals surface area contributed by atoms with E-state index in [0.717, 1.165) is 40.9 Å². The SMILES string of the molecule is Cc1nc2ccc(S(=O)(=O)N[C@H](C(=O)NC3CCCC3)C(C)C)cc2s1. The van der Waals surface area contributed by atoms with Crippen molar-refractivity contribution in [3.05, 3.63) is 23.2 Å². The highest BCUT2D eigenvalue weighted by Crippen LogP contribution is 2.25. The van der Waals surface area contributed by atoms with Gasteiger partial charge in [0.2, 0.25) is 15.9 Å². The number of aromatic nitrogens is 1. The minimum atomic E-state index is -3.80. The zero-order chi connectivity index (χ0) is 18.9. The number of sulfonamides is 1. The predicted octanol–water partition coefficient (Wildman–Crippen LogP) is 2.97. The molecule has 1 aliphatic rings. The van der Waals surface area contributed by atoms with E-state index in [1.165, 1.54) is 17.4 Å². The minimum absolute atomic E-state index is 0.152. The number of carbonyl (C=O) groups is 1. The second-order valence-corrected chi connectivity index (χ2v) is 10.1. The normalized spacial score (nSPS) is 17.1. The molecule has 1 aromatic heterocycles. The molecule has 2 aromatic rings. The van der Waals surface area contributed by atoms with Crippen LogP contribution in [0.4, 0.5) is 0 Å². The topological polar surface area (TPSA) is 88.2 Å². The van der Waals surface area contributed by atoms with E-state index in [2.05, 4.69) is 15.0 Å². The van der Waals surface area contributed by atoms with Gasteiger partial charge in [0.25, 0.3) is 0 Å². The first kappa shape index (κ1) is 19.3. The summed E-state index contributed by atoms with van der Waals surface area (Å²) in [4.78, 5) is 17.1. The number of nitrogens with one attached hydrogen (secondary N) is 2. The zero-order valence-electron chi connectivity index (χ0n) is 15.3. The molecule has 1 saturated carbocycles. The van der Waals surface area contributed by atoms with Crippen LogP contribution in [-0.2, 0) is 14.8 Å². The molecule has 1 aliphatic carbocycles. The van der Waals surface area contributed by atoms with Gasteiger partial charge in [-0.25, -0.2) is 13.4 Å². The van der Waals surface area contributed by atoms with Gasteiger partial charge in [0, 0.05) is 6.04 Å². The van der Waals surface area contributed by atoms with Crippen LogP contribution in [0.2, 0.25) is 0 Å². The quantitative estimate of drug-likeness (QED) is 0.787. The number of hydrogen-bond donors (Lipinski definition) is 2. The van der Waals surface area contributed by atoms with Crippen LogP contribution in [0.25, 0.3) is 10.2 Å². The molecule has 8 heteroatoms. The summed E-state index contributed by atoms with van der Waals surface area (Å²) in [7, 11) is -3.80. The van der Waals surface area contributed by atoms with Crippen LogP contribution in [0, 0.1) is 12.8 Å². The number of nitrogens with zero attached hydrogens (tertiary/aromatic N) is 1. The lowest BCUT2D eigenvalue weighted by atomic mass is 10.0. The lowest BCUT2D eigenvalue weighted by Gasteiger charge is -2.23. The van der Waals surface area contributed by atoms with Crippen molar-refractivity contribution >= 4 is 37.5 Å². The second kappa shape index (κ2) is 7.62. The molecule has 0 bridgehead atoms. The van der Waals surface area contributed by atoms with Crippen LogP contribution in [0.15, 0.2) is 23.1 Å². The summed E-state index contributed by atoms with van der Waals surface area (Å²) >= 11 is 1.45. The third-order valence-electron chi connectivity index (χ3n) is 4.71. The average molecular weight is 396 g/mol. The van der Waals surface area contributed by atoms with Gasteiger partial charge in [0.05, 0.1) is 20.1 Å². The number of carbonyl (C=O) groups excluding carboxylic acids is 1. The number of hydrogen-bond acceptors (Lipinski definition) is 5. The van der Waals surface area contributed by atoms with E-state index in [0.29, 0.717) is 0 Å². The molecule has 0 radical (unpaired) electrons. The first-order valence-electron chi connectivity index (χ1n) is 8.96. The van der Waals surface area contributed by atoms with Crippen molar-refractivity contribution in [2.45, 2.75) is 63.4 Å². The van der Waals surface area contributed by atoms with E-state index in [9.17, 15) is 13.2 Å². The molecular formula is C18H25N3O3S2. The fourth-order valence-corrected chi connectivity index (χ4v) is 5.59. The summed E-state index contributed by atoms with van der Waals surface area (Å²) in [5.74, 6) is -0.397. The Morgan fingerprint density at radius 2 is 1.96 bits per heavy atom. The lowest BCUT2D eigenvalue weighted by molar-refractivity contribution is -0.124. The van der Waals surface area contributed by atoms with E-state index in [-0.39, 0.29) is 22.8 Å². The fourth-order valence-electron chi connectivity index (χ4n) is 3.28. The molecule has 1 amide bonds. The highest BCUT2D eigenvalue weighted by atomic mass is 32.2. The van der Waals surface area contributed by atoms with Gasteiger partial charge in [0.15, 0.2) is 0 Å². The Morgan fingerprint density at radius 3 is 2.62 bits per heavy atom. The second-order valence-electron chi connectivity index (χ2n) is 7.20. The number of rotatable bonds is 6. The van der Waals surface area contributed by atoms with Crippen molar-refractivity contribution in [2.24, 2.45) is 5.92 Å². The summed E-state index contributed by atoms with van der Waals surface area (Å²) in [6.07, 6.45) is 4.14. The Balaban J connectivity index is 1.80. The number of aryl methyl sites for hydroxylation is 1. The molecule has 1 fully saturated rings. The van der Waals surface area contributed by atoms with Crippen molar-refractivity contribution in [2.75, 3.05) is 0 Å². The molecule has 1 aromatic carbocycles. The maximum Gasteiger partial charge on any atom is 0.241 e. The Hall–Kier alpha value is -1.51. The molecule has 0 unspecified atom stereocenters. The smallest absolute Gasteiger partial charge is 0.241 e. The molecule has 26 heavy (non-hydrogen) atoms. The van der Waals surface area contributed by atoms with Gasteiger partial charge in [-0.15, -0.1) is 11.3 Å². The van der Waals surface area contributed by atoms with E-state index in [1.807, 2.05) is 20.8 Å². The van der Waals surface area contributed by atoms with Crippen molar-refractivity contribution in [1.82, 2.24) is 15.0 Å². The van der Waals surface area contributed by atoms with Gasteiger partial charge in [-0.05, 0) is 43.9 Å². The Kier molecular flexibility index (Phi) is 5.64. The van der Waals surface area contributed by atoms with Crippen LogP contribution >= 0.6 is 11.3 Å². The number of amides is 1. The summed E-state index contributed by atoms with van der Waals surface area (Å²) < 4.78 is 29.1. The molecule has 3 rings (SSSR count). The maximum atomic E-state index is 12.8. The molecule has 0 spiro atoms. The van der Waals surface area contributed by atoms with Crippen LogP contribution in [0.1, 0.15) is 44.5 Å². The van der Waals surface area contributed by atoms with Crippen LogP contribution < -0.4 is 10.0 Å². The van der Waals surface area contributed by atoms with Gasteiger partial charge in [-0.3, -0.25) is 4.79 Å². The van der Waals surface area contributed by atoms with Crippen LogP contribution in [-0.4, -0.2) is 31.4 Å². The Labute approximate surface area is 158 Å². The van der Waals surface area contributed by atoms with Gasteiger partial charge in [-0.1, -0.05) is 26.7 Å². The highest BCUT2D eigenvalue weighted by Gasteiger charge is 2.30. The molecule has 1 heterocycles. The molecular weight excluding hydrogens is 370 g/mol. The van der Waals surface area contributed by atoms with Crippen molar-refractivity contribution in [3.63, 3.8) is 0 Å². The van der Waals surface area contributed by atoms with E-state index in [1.54, 1.807) is 12.1 Å². The van der Waals surface area contributed by atoms with Crippen LogP contribution in [0.5, 0.6) is 0 Å². The first-order chi connectivity index (χ1) is 12.3. The Bertz CT molecular complexity index is 900. The number of fused-ring (bicyclic) bond motifs is 1. The van der Waals surface area contributed by atoms with Gasteiger partial charge in [-0.2, -0.15) is 4.72 Å². The van der Waals surface area contributed by atoms with E-state index < -0.39 is 16.1 Å². The van der Waals surface area contributed by atoms with Crippen molar-refractivity contribution < 1.29 is 13.2 Å². The standard InChI is InChI=1S/C18H25N3O3S2/c1-11(2)17(18(22)20-13-6-4-5-7-13)21-26(23,24)14-8-9-15-16(10-14)25-12(3)19-15/h8-11,13,17,21H,4-7H2,1-3H3,(H,20,22)/t17-/m0/s1. The summed E-state index contributed by atoms with van der Waals surface area (Å²) in [6.45, 7) is 5.58. The average Bonchev–Trinajstić information content (AvgIpc) is 3.19. The lowest BCUT2D eigenvalue weighted by Crippen LogP contribution is -2.51. The Morgan fingerprint density at radius 1 is 1.27 bits per heavy atom. The fraction of sp³-hybridized carbons (Fsp3) is 0.556. The number of benzene rings is 1. The van der Waals surface area contributed by atoms with Crippen molar-refractivity contribution in [3.8, 4) is 0 Å². The molecule has 6 nitrogen and oxygen atoms in total. The van der Waals surface area contributed by atoms with Crippen LogP contribution in [0.3, 0.4) is 0 Å². The zero-order valence-corrected chi connectivity index (χ0v) is 16.9. The monoisotopic (exact) mass is 395 g/mol. The van der Waals surface area contributed by atoms with E-state index in [4.69, 9.17) is 0 Å². The first-order valence-corrected chi connectivity index (χ1v) is 11.3. The maximum absolute atomic E-state index is 12.8. The number of thiazole rings is 1. The molecule has 0 saturated heterocycles. The van der Waals surface area contributed by atoms with Crippen molar-refractivity contribution in [1.29, 1.82) is 0 Å². The predicted molar refractivity (Wildman–Crippen MR) is 104 cm³/mol. The van der Waals surface area contributed by atoms with E-state index >= 15 is 0 Å². The summed E-state index contributed by atoms with van der Waals surface area (Å²) in [5, 5.41) is 3.88. The summed E-state index contributed by atoms with van der Waals surface area (Å²) in [5.41, 5.74) is 0.783. The molecule has 1 atom stereocenters. The van der Waals surface area contributed by atoms with Gasteiger partial charge >= 0.3 is 0 Å². The molecule has 142 valence electrons. The largest absolute Gasteiger partial charge is 0.352 e. The molecule has 2 N–H and O–H groups in total. The third-order valence-corrected chi connectivity index (χ3v) is 7.08. The van der Waals surface area contributed by atoms with Gasteiger partial charge in [0.1, 0.15) is 6.04 Å². The van der Waals surface area contributed by atoms with Gasteiger partial charge < -0.3 is 5.32 Å². The minimum Gasteiger partial charge on any atom is -0.352 e. The molecule has 0 aliphatic heterocycles.